The molecule has 1 aromatic heterocycles. The molecule has 1 N–H and O–H groups in total. The van der Waals surface area contributed by atoms with Gasteiger partial charge in [0.1, 0.15) is 0 Å². The fraction of sp³-hybridized carbons (Fsp3) is 0.583. The van der Waals surface area contributed by atoms with Crippen LogP contribution in [0.1, 0.15) is 31.9 Å². The molecule has 1 aromatic rings. The maximum absolute atomic E-state index is 4.18. The Bertz CT molecular complexity index is 305. The first-order valence-electron chi connectivity index (χ1n) is 5.43. The molecule has 1 fully saturated rings. The van der Waals surface area contributed by atoms with E-state index in [0.717, 1.165) is 11.6 Å². The first-order chi connectivity index (χ1) is 6.74. The number of aryl methyl sites for hydroxylation is 1. The second-order valence-electron chi connectivity index (χ2n) is 4.41. The van der Waals surface area contributed by atoms with Gasteiger partial charge in [0.05, 0.1) is 0 Å². The number of hydrogen-bond donors (Lipinski definition) is 1. The smallest absolute Gasteiger partial charge is 0.0393 e. The zero-order valence-corrected chi connectivity index (χ0v) is 8.96. The number of hydrogen-bond acceptors (Lipinski definition) is 2. The van der Waals surface area contributed by atoms with E-state index in [2.05, 4.69) is 23.3 Å². The maximum Gasteiger partial charge on any atom is 0.0393 e. The van der Waals surface area contributed by atoms with E-state index in [1.54, 1.807) is 0 Å². The molecule has 1 aliphatic carbocycles. The van der Waals surface area contributed by atoms with Crippen LogP contribution < -0.4 is 5.32 Å². The van der Waals surface area contributed by atoms with Crippen molar-refractivity contribution < 1.29 is 0 Å². The molecule has 0 aliphatic heterocycles. The van der Waals surface area contributed by atoms with Crippen molar-refractivity contribution in [3.8, 4) is 0 Å². The molecule has 1 heterocycles. The highest BCUT2D eigenvalue weighted by Gasteiger charge is 2.23. The highest BCUT2D eigenvalue weighted by atomic mass is 14.9. The fourth-order valence-corrected chi connectivity index (χ4v) is 1.83. The van der Waals surface area contributed by atoms with E-state index >= 15 is 0 Å². The largest absolute Gasteiger partial charge is 0.382 e. The van der Waals surface area contributed by atoms with Gasteiger partial charge >= 0.3 is 0 Å². The van der Waals surface area contributed by atoms with Crippen LogP contribution in [0.5, 0.6) is 0 Å². The highest BCUT2D eigenvalue weighted by Crippen LogP contribution is 2.34. The fourth-order valence-electron chi connectivity index (χ4n) is 1.83. The summed E-state index contributed by atoms with van der Waals surface area (Å²) in [6.07, 6.45) is 6.03. The second kappa shape index (κ2) is 3.99. The first-order valence-corrected chi connectivity index (χ1v) is 5.43. The summed E-state index contributed by atoms with van der Waals surface area (Å²) in [5.41, 5.74) is 2.28. The lowest BCUT2D eigenvalue weighted by molar-refractivity contribution is 0.642. The molecule has 2 rings (SSSR count). The Labute approximate surface area is 85.7 Å². The third-order valence-electron chi connectivity index (χ3n) is 2.69. The van der Waals surface area contributed by atoms with E-state index in [1.807, 2.05) is 19.2 Å². The normalized spacial score (nSPS) is 17.9. The number of aromatic nitrogens is 1. The van der Waals surface area contributed by atoms with E-state index < -0.39 is 0 Å². The van der Waals surface area contributed by atoms with Crippen molar-refractivity contribution in [3.63, 3.8) is 0 Å². The third-order valence-corrected chi connectivity index (χ3v) is 2.69. The molecule has 1 aliphatic rings. The van der Waals surface area contributed by atoms with E-state index in [0.29, 0.717) is 6.04 Å². The number of nitrogens with zero attached hydrogens (tertiary/aromatic N) is 1. The zero-order valence-electron chi connectivity index (χ0n) is 8.96. The van der Waals surface area contributed by atoms with Crippen molar-refractivity contribution in [2.45, 2.75) is 39.2 Å². The van der Waals surface area contributed by atoms with Gasteiger partial charge in [-0.05, 0) is 38.3 Å². The molecule has 0 spiro atoms. The molecule has 76 valence electrons. The number of nitrogens with one attached hydrogen (secondary N) is 1. The SMILES string of the molecule is Cc1cc(NC(C)CC2CC2)ccn1. The summed E-state index contributed by atoms with van der Waals surface area (Å²) in [6.45, 7) is 4.28. The number of anilines is 1. The molecule has 14 heavy (non-hydrogen) atoms. The predicted octanol–water partition coefficient (Wildman–Crippen LogP) is 2.99. The average molecular weight is 190 g/mol. The molecule has 0 saturated heterocycles. The van der Waals surface area contributed by atoms with E-state index in [4.69, 9.17) is 0 Å². The molecular weight excluding hydrogens is 172 g/mol. The van der Waals surface area contributed by atoms with Gasteiger partial charge in [-0.15, -0.1) is 0 Å². The quantitative estimate of drug-likeness (QED) is 0.789. The second-order valence-corrected chi connectivity index (χ2v) is 4.41. The van der Waals surface area contributed by atoms with E-state index in [9.17, 15) is 0 Å². The zero-order chi connectivity index (χ0) is 9.97. The highest BCUT2D eigenvalue weighted by molar-refractivity contribution is 5.43. The Balaban J connectivity index is 1.88. The first kappa shape index (κ1) is 9.50. The summed E-state index contributed by atoms with van der Waals surface area (Å²) in [4.78, 5) is 4.18. The van der Waals surface area contributed by atoms with Crippen molar-refractivity contribution in [3.05, 3.63) is 24.0 Å². The molecule has 0 aromatic carbocycles. The van der Waals surface area contributed by atoms with Crippen molar-refractivity contribution >= 4 is 5.69 Å². The summed E-state index contributed by atoms with van der Waals surface area (Å²) in [5, 5.41) is 3.51. The molecule has 0 bridgehead atoms. The lowest BCUT2D eigenvalue weighted by Crippen LogP contribution is -2.15. The summed E-state index contributed by atoms with van der Waals surface area (Å²) < 4.78 is 0. The van der Waals surface area contributed by atoms with Crippen LogP contribution in [0.2, 0.25) is 0 Å². The molecule has 2 heteroatoms. The van der Waals surface area contributed by atoms with Gasteiger partial charge in [0.15, 0.2) is 0 Å². The van der Waals surface area contributed by atoms with Gasteiger partial charge in [0.25, 0.3) is 0 Å². The van der Waals surface area contributed by atoms with Crippen LogP contribution >= 0.6 is 0 Å². The topological polar surface area (TPSA) is 24.9 Å². The van der Waals surface area contributed by atoms with Crippen molar-refractivity contribution in [2.75, 3.05) is 5.32 Å². The molecule has 2 nitrogen and oxygen atoms in total. The Kier molecular flexibility index (Phi) is 2.71. The van der Waals surface area contributed by atoms with Crippen molar-refractivity contribution in [1.29, 1.82) is 0 Å². The molecule has 0 amide bonds. The minimum Gasteiger partial charge on any atom is -0.382 e. The molecule has 0 radical (unpaired) electrons. The molecular formula is C12H18N2. The summed E-state index contributed by atoms with van der Waals surface area (Å²) >= 11 is 0. The summed E-state index contributed by atoms with van der Waals surface area (Å²) in [5.74, 6) is 0.987. The van der Waals surface area contributed by atoms with E-state index in [1.165, 1.54) is 24.9 Å². The Morgan fingerprint density at radius 2 is 2.36 bits per heavy atom. The van der Waals surface area contributed by atoms with Crippen molar-refractivity contribution in [2.24, 2.45) is 5.92 Å². The van der Waals surface area contributed by atoms with Gasteiger partial charge in [-0.1, -0.05) is 12.8 Å². The molecule has 1 atom stereocenters. The third kappa shape index (κ3) is 2.72. The predicted molar refractivity (Wildman–Crippen MR) is 59.4 cm³/mol. The Hall–Kier alpha value is -1.05. The van der Waals surface area contributed by atoms with Gasteiger partial charge in [-0.25, -0.2) is 0 Å². The summed E-state index contributed by atoms with van der Waals surface area (Å²) in [6, 6.07) is 4.73. The van der Waals surface area contributed by atoms with Gasteiger partial charge in [0, 0.05) is 23.6 Å². The lowest BCUT2D eigenvalue weighted by atomic mass is 10.1. The van der Waals surface area contributed by atoms with Gasteiger partial charge in [-0.3, -0.25) is 4.98 Å². The monoisotopic (exact) mass is 190 g/mol. The lowest BCUT2D eigenvalue weighted by Gasteiger charge is -2.14. The van der Waals surface area contributed by atoms with Gasteiger partial charge in [0.2, 0.25) is 0 Å². The Morgan fingerprint density at radius 1 is 1.57 bits per heavy atom. The van der Waals surface area contributed by atoms with Crippen LogP contribution in [0.25, 0.3) is 0 Å². The minimum absolute atomic E-state index is 0.587. The summed E-state index contributed by atoms with van der Waals surface area (Å²) in [7, 11) is 0. The van der Waals surface area contributed by atoms with E-state index in [-0.39, 0.29) is 0 Å². The molecule has 1 saturated carbocycles. The van der Waals surface area contributed by atoms with Crippen LogP contribution in [0.3, 0.4) is 0 Å². The molecule has 1 unspecified atom stereocenters. The van der Waals surface area contributed by atoms with Crippen LogP contribution in [0.15, 0.2) is 18.3 Å². The maximum atomic E-state index is 4.18. The van der Waals surface area contributed by atoms with Crippen LogP contribution in [-0.4, -0.2) is 11.0 Å². The minimum atomic E-state index is 0.587. The van der Waals surface area contributed by atoms with Crippen LogP contribution in [-0.2, 0) is 0 Å². The number of rotatable bonds is 4. The van der Waals surface area contributed by atoms with Crippen LogP contribution in [0, 0.1) is 12.8 Å². The Morgan fingerprint density at radius 3 is 3.00 bits per heavy atom. The standard InChI is InChI=1S/C12H18N2/c1-9-8-12(5-6-13-9)14-10(2)7-11-3-4-11/h5-6,8,10-11H,3-4,7H2,1-2H3,(H,13,14). The van der Waals surface area contributed by atoms with Gasteiger partial charge in [-0.2, -0.15) is 0 Å². The average Bonchev–Trinajstić information content (AvgIpc) is 2.87. The van der Waals surface area contributed by atoms with Crippen LogP contribution in [0.4, 0.5) is 5.69 Å². The van der Waals surface area contributed by atoms with Crippen molar-refractivity contribution in [1.82, 2.24) is 4.98 Å². The number of pyridine rings is 1. The van der Waals surface area contributed by atoms with Gasteiger partial charge < -0.3 is 5.32 Å².